The van der Waals surface area contributed by atoms with Gasteiger partial charge >= 0.3 is 0 Å². The van der Waals surface area contributed by atoms with Gasteiger partial charge < -0.3 is 20.3 Å². The average Bonchev–Trinajstić information content (AvgIpc) is 2.66. The summed E-state index contributed by atoms with van der Waals surface area (Å²) in [4.78, 5) is 0. The van der Waals surface area contributed by atoms with Gasteiger partial charge in [-0.1, -0.05) is 23.7 Å². The van der Waals surface area contributed by atoms with Crippen molar-refractivity contribution in [3.8, 4) is 23.0 Å². The molecule has 0 unspecified atom stereocenters. The van der Waals surface area contributed by atoms with E-state index < -0.39 is 0 Å². The standard InChI is InChI=1S/C21H20ClNO3/c22-16-3-7-19(8-4-16)26-21-11-9-20(10-12-21)25-18-5-1-15(2-6-18)13-17(23)14-24/h1-12,17,24H,13-14,23H2/t17-/m0/s1. The second kappa shape index (κ2) is 8.72. The number of nitrogens with two attached hydrogens (primary N) is 1. The van der Waals surface area contributed by atoms with Gasteiger partial charge in [0.2, 0.25) is 0 Å². The molecule has 4 nitrogen and oxygen atoms in total. The molecule has 3 N–H and O–H groups in total. The van der Waals surface area contributed by atoms with Crippen molar-refractivity contribution in [2.45, 2.75) is 12.5 Å². The number of halogens is 1. The Morgan fingerprint density at radius 1 is 0.731 bits per heavy atom. The van der Waals surface area contributed by atoms with Gasteiger partial charge in [-0.15, -0.1) is 0 Å². The number of rotatable bonds is 7. The molecule has 0 saturated carbocycles. The number of aliphatic hydroxyl groups is 1. The highest BCUT2D eigenvalue weighted by Gasteiger charge is 2.04. The summed E-state index contributed by atoms with van der Waals surface area (Å²) in [5.74, 6) is 2.89. The highest BCUT2D eigenvalue weighted by atomic mass is 35.5. The van der Waals surface area contributed by atoms with Crippen LogP contribution in [0.2, 0.25) is 5.02 Å². The molecule has 0 heterocycles. The normalized spacial score (nSPS) is 11.8. The molecule has 0 radical (unpaired) electrons. The summed E-state index contributed by atoms with van der Waals surface area (Å²) in [6.45, 7) is -0.0251. The van der Waals surface area contributed by atoms with Crippen LogP contribution in [0.15, 0.2) is 72.8 Å². The summed E-state index contributed by atoms with van der Waals surface area (Å²) >= 11 is 5.86. The van der Waals surface area contributed by atoms with Crippen molar-refractivity contribution < 1.29 is 14.6 Å². The minimum Gasteiger partial charge on any atom is -0.457 e. The number of ether oxygens (including phenoxy) is 2. The van der Waals surface area contributed by atoms with Gasteiger partial charge in [-0.3, -0.25) is 0 Å². The number of hydrogen-bond donors (Lipinski definition) is 2. The van der Waals surface area contributed by atoms with Crippen molar-refractivity contribution in [3.05, 3.63) is 83.4 Å². The van der Waals surface area contributed by atoms with Crippen LogP contribution < -0.4 is 15.2 Å². The topological polar surface area (TPSA) is 64.7 Å². The first-order valence-corrected chi connectivity index (χ1v) is 8.67. The first-order chi connectivity index (χ1) is 12.6. The second-order valence-corrected chi connectivity index (χ2v) is 6.36. The van der Waals surface area contributed by atoms with Crippen LogP contribution >= 0.6 is 11.6 Å². The molecule has 3 rings (SSSR count). The average molecular weight is 370 g/mol. The van der Waals surface area contributed by atoms with Gasteiger partial charge in [-0.2, -0.15) is 0 Å². The third-order valence-electron chi connectivity index (χ3n) is 3.76. The zero-order valence-electron chi connectivity index (χ0n) is 14.1. The van der Waals surface area contributed by atoms with Crippen LogP contribution in [0.1, 0.15) is 5.56 Å². The van der Waals surface area contributed by atoms with Crippen LogP contribution in [0.25, 0.3) is 0 Å². The predicted molar refractivity (Wildman–Crippen MR) is 103 cm³/mol. The Bertz CT molecular complexity index is 817. The van der Waals surface area contributed by atoms with E-state index in [1.807, 2.05) is 60.7 Å². The lowest BCUT2D eigenvalue weighted by atomic mass is 10.1. The van der Waals surface area contributed by atoms with E-state index in [0.29, 0.717) is 22.9 Å². The molecule has 3 aromatic carbocycles. The summed E-state index contributed by atoms with van der Waals surface area (Å²) in [5, 5.41) is 9.68. The van der Waals surface area contributed by atoms with Gasteiger partial charge in [0.05, 0.1) is 6.61 Å². The Kier molecular flexibility index (Phi) is 6.12. The van der Waals surface area contributed by atoms with Crippen LogP contribution in [0, 0.1) is 0 Å². The molecule has 0 saturated heterocycles. The van der Waals surface area contributed by atoms with Crippen molar-refractivity contribution in [1.29, 1.82) is 0 Å². The molecular weight excluding hydrogens is 350 g/mol. The third-order valence-corrected chi connectivity index (χ3v) is 4.02. The monoisotopic (exact) mass is 369 g/mol. The van der Waals surface area contributed by atoms with Crippen LogP contribution in [-0.4, -0.2) is 17.8 Å². The SMILES string of the molecule is N[C@H](CO)Cc1ccc(Oc2ccc(Oc3ccc(Cl)cc3)cc2)cc1. The first-order valence-electron chi connectivity index (χ1n) is 8.29. The van der Waals surface area contributed by atoms with Crippen molar-refractivity contribution >= 4 is 11.6 Å². The molecule has 3 aromatic rings. The number of hydrogen-bond acceptors (Lipinski definition) is 4. The lowest BCUT2D eigenvalue weighted by Gasteiger charge is -2.10. The maximum Gasteiger partial charge on any atom is 0.127 e. The third kappa shape index (κ3) is 5.23. The largest absolute Gasteiger partial charge is 0.457 e. The lowest BCUT2D eigenvalue weighted by Crippen LogP contribution is -2.26. The van der Waals surface area contributed by atoms with E-state index in [1.165, 1.54) is 0 Å². The first kappa shape index (κ1) is 18.3. The van der Waals surface area contributed by atoms with Crippen molar-refractivity contribution in [1.82, 2.24) is 0 Å². The van der Waals surface area contributed by atoms with Gasteiger partial charge in [-0.25, -0.2) is 0 Å². The Morgan fingerprint density at radius 3 is 1.54 bits per heavy atom. The maximum absolute atomic E-state index is 9.01. The molecule has 134 valence electrons. The lowest BCUT2D eigenvalue weighted by molar-refractivity contribution is 0.265. The minimum atomic E-state index is -0.241. The molecule has 0 spiro atoms. The van der Waals surface area contributed by atoms with E-state index in [4.69, 9.17) is 31.9 Å². The molecule has 0 aromatic heterocycles. The summed E-state index contributed by atoms with van der Waals surface area (Å²) in [5.41, 5.74) is 6.80. The van der Waals surface area contributed by atoms with Gasteiger partial charge in [0, 0.05) is 11.1 Å². The fourth-order valence-electron chi connectivity index (χ4n) is 2.41. The fraction of sp³-hybridized carbons (Fsp3) is 0.143. The van der Waals surface area contributed by atoms with E-state index in [9.17, 15) is 0 Å². The van der Waals surface area contributed by atoms with Gasteiger partial charge in [-0.05, 0) is 72.6 Å². The summed E-state index contributed by atoms with van der Waals surface area (Å²) < 4.78 is 11.6. The van der Waals surface area contributed by atoms with Gasteiger partial charge in [0.1, 0.15) is 23.0 Å². The zero-order valence-corrected chi connectivity index (χ0v) is 14.9. The quantitative estimate of drug-likeness (QED) is 0.628. The van der Waals surface area contributed by atoms with E-state index in [1.54, 1.807) is 12.1 Å². The van der Waals surface area contributed by atoms with Crippen molar-refractivity contribution in [2.75, 3.05) is 6.61 Å². The molecule has 1 atom stereocenters. The molecule has 0 fully saturated rings. The van der Waals surface area contributed by atoms with Gasteiger partial charge in [0.25, 0.3) is 0 Å². The summed E-state index contributed by atoms with van der Waals surface area (Å²) in [7, 11) is 0. The van der Waals surface area contributed by atoms with Crippen LogP contribution in [0.5, 0.6) is 23.0 Å². The highest BCUT2D eigenvalue weighted by molar-refractivity contribution is 6.30. The Labute approximate surface area is 157 Å². The Balaban J connectivity index is 1.59. The van der Waals surface area contributed by atoms with E-state index in [0.717, 1.165) is 17.1 Å². The molecule has 26 heavy (non-hydrogen) atoms. The molecule has 0 aliphatic carbocycles. The molecule has 0 aliphatic heterocycles. The van der Waals surface area contributed by atoms with Crippen molar-refractivity contribution in [3.63, 3.8) is 0 Å². The van der Waals surface area contributed by atoms with Crippen LogP contribution in [-0.2, 0) is 6.42 Å². The highest BCUT2D eigenvalue weighted by Crippen LogP contribution is 2.27. The van der Waals surface area contributed by atoms with Gasteiger partial charge in [0.15, 0.2) is 0 Å². The Hall–Kier alpha value is -2.53. The summed E-state index contributed by atoms with van der Waals surface area (Å²) in [6.07, 6.45) is 0.632. The smallest absolute Gasteiger partial charge is 0.127 e. The van der Waals surface area contributed by atoms with Crippen LogP contribution in [0.4, 0.5) is 0 Å². The number of aliphatic hydroxyl groups excluding tert-OH is 1. The minimum absolute atomic E-state index is 0.0251. The second-order valence-electron chi connectivity index (χ2n) is 5.92. The Morgan fingerprint density at radius 2 is 1.12 bits per heavy atom. The van der Waals surface area contributed by atoms with E-state index in [-0.39, 0.29) is 12.6 Å². The molecule has 0 aliphatic rings. The number of benzene rings is 3. The summed E-state index contributed by atoms with van der Waals surface area (Å²) in [6, 6.07) is 22.0. The molecular formula is C21H20ClNO3. The van der Waals surface area contributed by atoms with E-state index in [2.05, 4.69) is 0 Å². The molecule has 0 bridgehead atoms. The van der Waals surface area contributed by atoms with Crippen molar-refractivity contribution in [2.24, 2.45) is 5.73 Å². The zero-order chi connectivity index (χ0) is 18.4. The predicted octanol–water partition coefficient (Wildman–Crippen LogP) is 4.79. The fourth-order valence-corrected chi connectivity index (χ4v) is 2.54. The molecule has 5 heteroatoms. The van der Waals surface area contributed by atoms with Crippen LogP contribution in [0.3, 0.4) is 0 Å². The molecule has 0 amide bonds. The maximum atomic E-state index is 9.01. The van der Waals surface area contributed by atoms with E-state index >= 15 is 0 Å².